The maximum absolute atomic E-state index is 12.8. The van der Waals surface area contributed by atoms with E-state index in [1.165, 1.54) is 11.8 Å². The molecule has 2 amide bonds. The number of aromatic nitrogens is 1. The van der Waals surface area contributed by atoms with Gasteiger partial charge in [-0.3, -0.25) is 9.59 Å². The molecule has 2 aromatic rings. The minimum atomic E-state index is -0.176. The van der Waals surface area contributed by atoms with Crippen molar-refractivity contribution in [2.24, 2.45) is 0 Å². The third-order valence-corrected chi connectivity index (χ3v) is 5.67. The maximum Gasteiger partial charge on any atom is 0.237 e. The van der Waals surface area contributed by atoms with Gasteiger partial charge < -0.3 is 10.2 Å². The average molecular weight is 347 g/mol. The number of para-hydroxylation sites is 2. The van der Waals surface area contributed by atoms with Gasteiger partial charge in [0.1, 0.15) is 0 Å². The highest BCUT2D eigenvalue weighted by molar-refractivity contribution is 8.01. The van der Waals surface area contributed by atoms with Crippen LogP contribution in [-0.2, 0) is 9.59 Å². The summed E-state index contributed by atoms with van der Waals surface area (Å²) in [5.74, 6) is 0.225. The van der Waals surface area contributed by atoms with Crippen LogP contribution in [0.3, 0.4) is 0 Å². The fraction of sp³-hybridized carbons (Fsp3) is 0.312. The van der Waals surface area contributed by atoms with Crippen molar-refractivity contribution in [2.75, 3.05) is 16.0 Å². The number of hydrogen-bond acceptors (Lipinski definition) is 5. The van der Waals surface area contributed by atoms with Crippen molar-refractivity contribution >= 4 is 46.3 Å². The lowest BCUT2D eigenvalue weighted by Gasteiger charge is -2.27. The number of anilines is 2. The second kappa shape index (κ2) is 6.72. The van der Waals surface area contributed by atoms with E-state index in [0.717, 1.165) is 15.7 Å². The number of thioether (sulfide) groups is 1. The lowest BCUT2D eigenvalue weighted by Crippen LogP contribution is -2.40. The Bertz CT molecular complexity index is 744. The summed E-state index contributed by atoms with van der Waals surface area (Å²) in [6.45, 7) is 3.84. The summed E-state index contributed by atoms with van der Waals surface area (Å²) in [5.41, 5.74) is 2.41. The van der Waals surface area contributed by atoms with Crippen LogP contribution < -0.4 is 10.2 Å². The second-order valence-corrected chi connectivity index (χ2v) is 7.51. The number of nitrogens with zero attached hydrogens (tertiary/aromatic N) is 2. The summed E-state index contributed by atoms with van der Waals surface area (Å²) in [7, 11) is 0. The molecule has 0 saturated carbocycles. The van der Waals surface area contributed by atoms with Crippen LogP contribution in [-0.4, -0.2) is 28.6 Å². The largest absolute Gasteiger partial charge is 0.324 e. The molecule has 0 saturated heterocycles. The molecule has 1 aromatic heterocycles. The Labute approximate surface area is 143 Å². The van der Waals surface area contributed by atoms with Crippen molar-refractivity contribution < 1.29 is 9.59 Å². The molecule has 1 N–H and O–H groups in total. The molecular weight excluding hydrogens is 330 g/mol. The Morgan fingerprint density at radius 2 is 2.26 bits per heavy atom. The van der Waals surface area contributed by atoms with Gasteiger partial charge in [0.2, 0.25) is 11.8 Å². The number of hydrogen-bond donors (Lipinski definition) is 1. The molecular formula is C16H17N3O2S2. The highest BCUT2D eigenvalue weighted by Crippen LogP contribution is 2.32. The molecule has 23 heavy (non-hydrogen) atoms. The van der Waals surface area contributed by atoms with Gasteiger partial charge in [0, 0.05) is 23.5 Å². The van der Waals surface area contributed by atoms with Gasteiger partial charge in [-0.05, 0) is 26.0 Å². The van der Waals surface area contributed by atoms with E-state index in [1.807, 2.05) is 43.5 Å². The molecule has 0 unspecified atom stereocenters. The molecule has 120 valence electrons. The third-order valence-electron chi connectivity index (χ3n) is 3.55. The molecule has 0 fully saturated rings. The van der Waals surface area contributed by atoms with E-state index < -0.39 is 0 Å². The van der Waals surface area contributed by atoms with Gasteiger partial charge in [0.05, 0.1) is 17.1 Å². The van der Waals surface area contributed by atoms with Crippen LogP contribution in [0.25, 0.3) is 0 Å². The Morgan fingerprint density at radius 1 is 1.48 bits per heavy atom. The molecule has 2 heterocycles. The van der Waals surface area contributed by atoms with Crippen molar-refractivity contribution in [1.82, 2.24) is 4.98 Å². The van der Waals surface area contributed by atoms with Crippen LogP contribution in [0.4, 0.5) is 11.4 Å². The Kier molecular flexibility index (Phi) is 4.68. The van der Waals surface area contributed by atoms with Crippen molar-refractivity contribution in [3.05, 3.63) is 35.3 Å². The number of amides is 2. The van der Waals surface area contributed by atoms with Crippen LogP contribution >= 0.6 is 23.1 Å². The van der Waals surface area contributed by atoms with Crippen molar-refractivity contribution in [1.29, 1.82) is 0 Å². The zero-order valence-corrected chi connectivity index (χ0v) is 14.5. The number of carbonyl (C=O) groups is 2. The monoisotopic (exact) mass is 347 g/mol. The zero-order chi connectivity index (χ0) is 16.4. The lowest BCUT2D eigenvalue weighted by atomic mass is 10.2. The Morgan fingerprint density at radius 3 is 3.00 bits per heavy atom. The van der Waals surface area contributed by atoms with Crippen LogP contribution in [0.1, 0.15) is 19.0 Å². The number of rotatable bonds is 3. The Hall–Kier alpha value is -1.86. The molecule has 3 rings (SSSR count). The van der Waals surface area contributed by atoms with Crippen molar-refractivity contribution in [3.8, 4) is 0 Å². The van der Waals surface area contributed by atoms with Gasteiger partial charge in [0.15, 0.2) is 4.34 Å². The number of fused-ring (bicyclic) bond motifs is 1. The maximum atomic E-state index is 12.8. The molecule has 0 bridgehead atoms. The van der Waals surface area contributed by atoms with Crippen LogP contribution in [0.5, 0.6) is 0 Å². The first-order valence-electron chi connectivity index (χ1n) is 7.30. The van der Waals surface area contributed by atoms with Gasteiger partial charge in [-0.25, -0.2) is 4.98 Å². The van der Waals surface area contributed by atoms with Crippen LogP contribution in [0, 0.1) is 6.92 Å². The van der Waals surface area contributed by atoms with E-state index in [4.69, 9.17) is 0 Å². The number of carbonyl (C=O) groups excluding carboxylic acids is 2. The first kappa shape index (κ1) is 16.0. The van der Waals surface area contributed by atoms with Crippen molar-refractivity contribution in [2.45, 2.75) is 30.6 Å². The highest BCUT2D eigenvalue weighted by atomic mass is 32.2. The molecule has 0 radical (unpaired) electrons. The molecule has 5 nitrogen and oxygen atoms in total. The average Bonchev–Trinajstić information content (AvgIpc) is 2.86. The minimum Gasteiger partial charge on any atom is -0.324 e. The lowest BCUT2D eigenvalue weighted by molar-refractivity contribution is -0.117. The fourth-order valence-electron chi connectivity index (χ4n) is 2.56. The third kappa shape index (κ3) is 3.56. The summed E-state index contributed by atoms with van der Waals surface area (Å²) < 4.78 is 0.890. The van der Waals surface area contributed by atoms with E-state index in [1.54, 1.807) is 16.2 Å². The van der Waals surface area contributed by atoms with E-state index >= 15 is 0 Å². The first-order valence-corrected chi connectivity index (χ1v) is 9.17. The number of thiazole rings is 1. The predicted octanol–water partition coefficient (Wildman–Crippen LogP) is 3.31. The van der Waals surface area contributed by atoms with E-state index in [9.17, 15) is 9.59 Å². The van der Waals surface area contributed by atoms with Crippen LogP contribution in [0.15, 0.2) is 34.0 Å². The number of benzene rings is 1. The molecule has 1 atom stereocenters. The Balaban J connectivity index is 1.81. The molecule has 0 spiro atoms. The van der Waals surface area contributed by atoms with E-state index in [-0.39, 0.29) is 17.9 Å². The first-order chi connectivity index (χ1) is 11.0. The van der Waals surface area contributed by atoms with E-state index in [2.05, 4.69) is 10.3 Å². The molecule has 1 aliphatic heterocycles. The molecule has 1 aromatic carbocycles. The summed E-state index contributed by atoms with van der Waals surface area (Å²) in [4.78, 5) is 30.8. The van der Waals surface area contributed by atoms with Gasteiger partial charge in [-0.2, -0.15) is 0 Å². The molecule has 0 aliphatic carbocycles. The van der Waals surface area contributed by atoms with E-state index in [0.29, 0.717) is 17.9 Å². The fourth-order valence-corrected chi connectivity index (χ4v) is 4.27. The SMILES string of the molecule is Cc1csc(SCC(=O)N2c3ccccc3NC(=O)C[C@@H]2C)n1. The number of aryl methyl sites for hydroxylation is 1. The predicted molar refractivity (Wildman–Crippen MR) is 94.2 cm³/mol. The van der Waals surface area contributed by atoms with Crippen molar-refractivity contribution in [3.63, 3.8) is 0 Å². The topological polar surface area (TPSA) is 62.3 Å². The normalized spacial score (nSPS) is 17.4. The van der Waals surface area contributed by atoms with Crippen LogP contribution in [0.2, 0.25) is 0 Å². The summed E-state index contributed by atoms with van der Waals surface area (Å²) >= 11 is 2.98. The summed E-state index contributed by atoms with van der Waals surface area (Å²) in [6, 6.07) is 7.24. The zero-order valence-electron chi connectivity index (χ0n) is 12.9. The van der Waals surface area contributed by atoms with Gasteiger partial charge in [-0.1, -0.05) is 23.9 Å². The highest BCUT2D eigenvalue weighted by Gasteiger charge is 2.29. The minimum absolute atomic E-state index is 0.0145. The smallest absolute Gasteiger partial charge is 0.237 e. The van der Waals surface area contributed by atoms with Gasteiger partial charge in [0.25, 0.3) is 0 Å². The molecule has 7 heteroatoms. The standard InChI is InChI=1S/C16H17N3O2S2/c1-10-8-22-16(17-10)23-9-15(21)19-11(2)7-14(20)18-12-5-3-4-6-13(12)19/h3-6,8,11H,7,9H2,1-2H3,(H,18,20)/t11-/m0/s1. The second-order valence-electron chi connectivity index (χ2n) is 5.43. The van der Waals surface area contributed by atoms with Gasteiger partial charge >= 0.3 is 0 Å². The number of nitrogens with one attached hydrogen (secondary N) is 1. The molecule has 1 aliphatic rings. The summed E-state index contributed by atoms with van der Waals surface area (Å²) in [5, 5.41) is 4.84. The summed E-state index contributed by atoms with van der Waals surface area (Å²) in [6.07, 6.45) is 0.293. The quantitative estimate of drug-likeness (QED) is 0.865. The van der Waals surface area contributed by atoms with Gasteiger partial charge in [-0.15, -0.1) is 11.3 Å².